The minimum atomic E-state index is -0.700. The Bertz CT molecular complexity index is 1330. The number of nitrogens with one attached hydrogen (secondary N) is 1. The van der Waals surface area contributed by atoms with E-state index in [0.717, 1.165) is 28.6 Å². The Morgan fingerprint density at radius 2 is 1.73 bits per heavy atom. The molecule has 1 aromatic heterocycles. The molecule has 0 radical (unpaired) electrons. The molecule has 0 bridgehead atoms. The Morgan fingerprint density at radius 1 is 1.00 bits per heavy atom. The Balaban J connectivity index is 1.33. The van der Waals surface area contributed by atoms with E-state index in [9.17, 15) is 14.7 Å². The fraction of sp³-hybridized carbons (Fsp3) is 0.310. The second kappa shape index (κ2) is 12.9. The molecular weight excluding hydrogens is 470 g/mol. The monoisotopic (exact) mass is 503 g/mol. The Morgan fingerprint density at radius 3 is 2.49 bits per heavy atom. The van der Waals surface area contributed by atoms with E-state index in [4.69, 9.17) is 9.47 Å². The highest BCUT2D eigenvalue weighted by atomic mass is 16.5. The fourth-order valence-electron chi connectivity index (χ4n) is 4.34. The predicted molar refractivity (Wildman–Crippen MR) is 143 cm³/mol. The van der Waals surface area contributed by atoms with E-state index in [1.165, 1.54) is 7.11 Å². The van der Waals surface area contributed by atoms with E-state index in [-0.39, 0.29) is 24.7 Å². The lowest BCUT2D eigenvalue weighted by Gasteiger charge is -2.25. The molecule has 0 fully saturated rings. The molecule has 3 aromatic carbocycles. The molecule has 8 heteroatoms. The number of aromatic nitrogens is 2. The van der Waals surface area contributed by atoms with Gasteiger partial charge in [0.2, 0.25) is 0 Å². The number of hydrogen-bond acceptors (Lipinski definition) is 6. The predicted octanol–water partition coefficient (Wildman–Crippen LogP) is 3.38. The van der Waals surface area contributed by atoms with Crippen LogP contribution in [-0.2, 0) is 29.0 Å². The SMILES string of the molecule is COC(=O)Cc1ccc(OCC(O)CN(CCCn2c(=O)[nH]c3ccccc32)Cc2ccccc2)cc1. The highest BCUT2D eigenvalue weighted by molar-refractivity contribution is 5.74. The molecular formula is C29H33N3O5. The number of nitrogens with zero attached hydrogens (tertiary/aromatic N) is 2. The van der Waals surface area contributed by atoms with Crippen LogP contribution in [0.15, 0.2) is 83.7 Å². The Hall–Kier alpha value is -3.88. The lowest BCUT2D eigenvalue weighted by molar-refractivity contribution is -0.139. The number of aryl methyl sites for hydroxylation is 1. The number of carbonyl (C=O) groups excluding carboxylic acids is 1. The lowest BCUT2D eigenvalue weighted by Crippen LogP contribution is -2.36. The van der Waals surface area contributed by atoms with Gasteiger partial charge in [0, 0.05) is 26.2 Å². The van der Waals surface area contributed by atoms with Crippen molar-refractivity contribution in [2.75, 3.05) is 26.8 Å². The quantitative estimate of drug-likeness (QED) is 0.272. The third kappa shape index (κ3) is 7.55. The van der Waals surface area contributed by atoms with E-state index >= 15 is 0 Å². The molecule has 0 aliphatic rings. The van der Waals surface area contributed by atoms with Gasteiger partial charge in [0.25, 0.3) is 0 Å². The molecule has 8 nitrogen and oxygen atoms in total. The first-order chi connectivity index (χ1) is 18.0. The number of esters is 1. The van der Waals surface area contributed by atoms with Gasteiger partial charge in [-0.2, -0.15) is 0 Å². The van der Waals surface area contributed by atoms with Gasteiger partial charge in [0.05, 0.1) is 24.6 Å². The largest absolute Gasteiger partial charge is 0.491 e. The van der Waals surface area contributed by atoms with Crippen molar-refractivity contribution in [2.45, 2.75) is 32.0 Å². The van der Waals surface area contributed by atoms with Crippen molar-refractivity contribution in [3.63, 3.8) is 0 Å². The molecule has 0 saturated carbocycles. The standard InChI is InChI=1S/C29H33N3O5/c1-36-28(34)18-22-12-14-25(15-13-22)37-21-24(33)20-31(19-23-8-3-2-4-9-23)16-7-17-32-27-11-6-5-10-26(27)30-29(32)35/h2-6,8-15,24,33H,7,16-21H2,1H3,(H,30,35). The molecule has 0 amide bonds. The maximum Gasteiger partial charge on any atom is 0.326 e. The zero-order valence-corrected chi connectivity index (χ0v) is 21.0. The molecule has 1 unspecified atom stereocenters. The van der Waals surface area contributed by atoms with Gasteiger partial charge in [-0.25, -0.2) is 4.79 Å². The topological polar surface area (TPSA) is 96.8 Å². The van der Waals surface area contributed by atoms with Gasteiger partial charge in [-0.05, 0) is 41.8 Å². The van der Waals surface area contributed by atoms with Crippen LogP contribution in [0.25, 0.3) is 11.0 Å². The van der Waals surface area contributed by atoms with E-state index in [1.807, 2.05) is 54.6 Å². The molecule has 194 valence electrons. The van der Waals surface area contributed by atoms with E-state index < -0.39 is 6.10 Å². The number of para-hydroxylation sites is 2. The number of aliphatic hydroxyl groups excluding tert-OH is 1. The van der Waals surface area contributed by atoms with Crippen LogP contribution in [0.5, 0.6) is 5.75 Å². The second-order valence-corrected chi connectivity index (χ2v) is 9.03. The molecule has 0 saturated heterocycles. The normalized spacial score (nSPS) is 12.1. The van der Waals surface area contributed by atoms with Crippen molar-refractivity contribution in [1.29, 1.82) is 0 Å². The van der Waals surface area contributed by atoms with Crippen LogP contribution in [0.3, 0.4) is 0 Å². The van der Waals surface area contributed by atoms with Gasteiger partial charge in [-0.3, -0.25) is 14.3 Å². The molecule has 4 aromatic rings. The molecule has 4 rings (SSSR count). The highest BCUT2D eigenvalue weighted by Crippen LogP contribution is 2.14. The number of H-pyrrole nitrogens is 1. The number of ether oxygens (including phenoxy) is 2. The molecule has 37 heavy (non-hydrogen) atoms. The average Bonchev–Trinajstić information content (AvgIpc) is 3.23. The van der Waals surface area contributed by atoms with Crippen LogP contribution in [0.2, 0.25) is 0 Å². The van der Waals surface area contributed by atoms with Gasteiger partial charge < -0.3 is 19.6 Å². The summed E-state index contributed by atoms with van der Waals surface area (Å²) in [4.78, 5) is 28.9. The smallest absolute Gasteiger partial charge is 0.326 e. The number of carbonyl (C=O) groups is 1. The summed E-state index contributed by atoms with van der Waals surface area (Å²) in [5.74, 6) is 0.332. The van der Waals surface area contributed by atoms with Gasteiger partial charge in [-0.1, -0.05) is 54.6 Å². The van der Waals surface area contributed by atoms with Crippen LogP contribution < -0.4 is 10.4 Å². The number of hydrogen-bond donors (Lipinski definition) is 2. The van der Waals surface area contributed by atoms with Crippen LogP contribution in [0.1, 0.15) is 17.5 Å². The third-order valence-electron chi connectivity index (χ3n) is 6.20. The van der Waals surface area contributed by atoms with Crippen molar-refractivity contribution in [2.24, 2.45) is 0 Å². The lowest BCUT2D eigenvalue weighted by atomic mass is 10.1. The average molecular weight is 504 g/mol. The van der Waals surface area contributed by atoms with Crippen LogP contribution in [0, 0.1) is 0 Å². The second-order valence-electron chi connectivity index (χ2n) is 9.03. The van der Waals surface area contributed by atoms with Crippen molar-refractivity contribution < 1.29 is 19.4 Å². The minimum absolute atomic E-state index is 0.109. The molecule has 0 aliphatic heterocycles. The van der Waals surface area contributed by atoms with Crippen LogP contribution in [0.4, 0.5) is 0 Å². The summed E-state index contributed by atoms with van der Waals surface area (Å²) in [7, 11) is 1.37. The molecule has 0 aliphatic carbocycles. The van der Waals surface area contributed by atoms with Gasteiger partial charge >= 0.3 is 11.7 Å². The maximum absolute atomic E-state index is 12.4. The fourth-order valence-corrected chi connectivity index (χ4v) is 4.34. The van der Waals surface area contributed by atoms with Gasteiger partial charge in [0.15, 0.2) is 0 Å². The number of aliphatic hydroxyl groups is 1. The van der Waals surface area contributed by atoms with Crippen molar-refractivity contribution in [3.05, 3.63) is 100 Å². The van der Waals surface area contributed by atoms with Crippen LogP contribution >= 0.6 is 0 Å². The van der Waals surface area contributed by atoms with Crippen molar-refractivity contribution >= 4 is 17.0 Å². The molecule has 0 spiro atoms. The van der Waals surface area contributed by atoms with E-state index in [2.05, 4.69) is 22.0 Å². The molecule has 1 heterocycles. The summed E-state index contributed by atoms with van der Waals surface area (Å²) < 4.78 is 12.2. The zero-order chi connectivity index (χ0) is 26.0. The van der Waals surface area contributed by atoms with E-state index in [1.54, 1.807) is 16.7 Å². The maximum atomic E-state index is 12.4. The van der Waals surface area contributed by atoms with Crippen LogP contribution in [-0.4, -0.2) is 58.4 Å². The summed E-state index contributed by atoms with van der Waals surface area (Å²) in [5.41, 5.74) is 3.61. The number of aromatic amines is 1. The third-order valence-corrected chi connectivity index (χ3v) is 6.20. The Kier molecular flexibility index (Phi) is 9.13. The van der Waals surface area contributed by atoms with E-state index in [0.29, 0.717) is 31.9 Å². The van der Waals surface area contributed by atoms with Crippen molar-refractivity contribution in [3.8, 4) is 5.75 Å². The Labute approximate surface area is 216 Å². The first-order valence-corrected chi connectivity index (χ1v) is 12.4. The first kappa shape index (κ1) is 26.2. The number of imidazole rings is 1. The number of benzene rings is 3. The summed E-state index contributed by atoms with van der Waals surface area (Å²) >= 11 is 0. The minimum Gasteiger partial charge on any atom is -0.491 e. The molecule has 1 atom stereocenters. The zero-order valence-electron chi connectivity index (χ0n) is 21.0. The number of methoxy groups -OCH3 is 1. The molecule has 2 N–H and O–H groups in total. The number of fused-ring (bicyclic) bond motifs is 1. The summed E-state index contributed by atoms with van der Waals surface area (Å²) in [6.45, 7) is 2.54. The summed E-state index contributed by atoms with van der Waals surface area (Å²) in [5, 5.41) is 10.7. The van der Waals surface area contributed by atoms with Gasteiger partial charge in [0.1, 0.15) is 18.5 Å². The number of rotatable bonds is 13. The first-order valence-electron chi connectivity index (χ1n) is 12.4. The highest BCUT2D eigenvalue weighted by Gasteiger charge is 2.14. The van der Waals surface area contributed by atoms with Gasteiger partial charge in [-0.15, -0.1) is 0 Å². The summed E-state index contributed by atoms with van der Waals surface area (Å²) in [6, 6.07) is 25.0. The van der Waals surface area contributed by atoms with Crippen molar-refractivity contribution in [1.82, 2.24) is 14.5 Å². The summed E-state index contributed by atoms with van der Waals surface area (Å²) in [6.07, 6.45) is 0.261.